The summed E-state index contributed by atoms with van der Waals surface area (Å²) in [7, 11) is 1.99. The van der Waals surface area contributed by atoms with Crippen molar-refractivity contribution < 1.29 is 0 Å². The molecule has 0 aliphatic heterocycles. The van der Waals surface area contributed by atoms with Crippen molar-refractivity contribution in [2.75, 3.05) is 6.54 Å². The first-order valence-corrected chi connectivity index (χ1v) is 4.12. The molecule has 1 aromatic rings. The number of hydrogen-bond acceptors (Lipinski definition) is 2. The monoisotopic (exact) mass is 165 g/mol. The zero-order valence-electron chi connectivity index (χ0n) is 7.62. The van der Waals surface area contributed by atoms with Crippen molar-refractivity contribution in [2.24, 2.45) is 12.8 Å². The summed E-state index contributed by atoms with van der Waals surface area (Å²) in [6.07, 6.45) is 6.70. The molecule has 0 amide bonds. The van der Waals surface area contributed by atoms with E-state index in [4.69, 9.17) is 5.73 Å². The average molecular weight is 165 g/mol. The fraction of sp³-hybridized carbons (Fsp3) is 0.444. The van der Waals surface area contributed by atoms with Crippen LogP contribution in [0.15, 0.2) is 18.5 Å². The maximum atomic E-state index is 5.48. The van der Waals surface area contributed by atoms with Crippen LogP contribution < -0.4 is 5.73 Å². The lowest BCUT2D eigenvalue weighted by Gasteiger charge is -2.04. The van der Waals surface area contributed by atoms with Crippen molar-refractivity contribution in [1.29, 1.82) is 0 Å². The van der Waals surface area contributed by atoms with E-state index in [1.165, 1.54) is 5.57 Å². The predicted molar refractivity (Wildman–Crippen MR) is 50.5 cm³/mol. The second-order valence-electron chi connectivity index (χ2n) is 2.71. The molecule has 12 heavy (non-hydrogen) atoms. The minimum atomic E-state index is 0.673. The third-order valence-corrected chi connectivity index (χ3v) is 1.87. The van der Waals surface area contributed by atoms with Crippen LogP contribution in [-0.4, -0.2) is 16.1 Å². The van der Waals surface area contributed by atoms with Gasteiger partial charge in [-0.3, -0.25) is 0 Å². The highest BCUT2D eigenvalue weighted by Gasteiger charge is 2.03. The Hall–Kier alpha value is -1.09. The molecule has 2 N–H and O–H groups in total. The summed E-state index contributed by atoms with van der Waals surface area (Å²) >= 11 is 0. The van der Waals surface area contributed by atoms with Crippen molar-refractivity contribution in [1.82, 2.24) is 9.55 Å². The number of hydrogen-bond donors (Lipinski definition) is 1. The van der Waals surface area contributed by atoms with Crippen LogP contribution in [0.5, 0.6) is 0 Å². The molecular formula is C9H15N3. The first-order valence-electron chi connectivity index (χ1n) is 4.12. The summed E-state index contributed by atoms with van der Waals surface area (Å²) in [5.41, 5.74) is 6.70. The normalized spacial score (nSPS) is 12.1. The molecule has 0 aliphatic rings. The van der Waals surface area contributed by atoms with E-state index in [1.807, 2.05) is 24.7 Å². The largest absolute Gasteiger partial charge is 0.334 e. The summed E-state index contributed by atoms with van der Waals surface area (Å²) in [4.78, 5) is 4.24. The molecule has 0 atom stereocenters. The summed E-state index contributed by atoms with van der Waals surface area (Å²) in [6.45, 7) is 2.69. The van der Waals surface area contributed by atoms with Crippen LogP contribution in [0.3, 0.4) is 0 Å². The molecule has 0 radical (unpaired) electrons. The lowest BCUT2D eigenvalue weighted by Crippen LogP contribution is -2.03. The van der Waals surface area contributed by atoms with Crippen LogP contribution in [-0.2, 0) is 7.05 Å². The third kappa shape index (κ3) is 1.74. The van der Waals surface area contributed by atoms with Gasteiger partial charge in [0.05, 0.1) is 0 Å². The van der Waals surface area contributed by atoms with Gasteiger partial charge in [0.15, 0.2) is 0 Å². The molecule has 66 valence electrons. The van der Waals surface area contributed by atoms with Gasteiger partial charge < -0.3 is 10.3 Å². The Labute approximate surface area is 72.9 Å². The average Bonchev–Trinajstić information content (AvgIpc) is 2.47. The number of allylic oxidation sites excluding steroid dienone is 1. The zero-order chi connectivity index (χ0) is 8.97. The van der Waals surface area contributed by atoms with Gasteiger partial charge in [0.2, 0.25) is 0 Å². The second kappa shape index (κ2) is 4.07. The fourth-order valence-electron chi connectivity index (χ4n) is 1.22. The molecular weight excluding hydrogens is 150 g/mol. The van der Waals surface area contributed by atoms with E-state index in [-0.39, 0.29) is 0 Å². The summed E-state index contributed by atoms with van der Waals surface area (Å²) in [5.74, 6) is 1.02. The van der Waals surface area contributed by atoms with Gasteiger partial charge in [-0.1, -0.05) is 6.08 Å². The van der Waals surface area contributed by atoms with Gasteiger partial charge in [-0.25, -0.2) is 4.98 Å². The van der Waals surface area contributed by atoms with Gasteiger partial charge in [0.25, 0.3) is 0 Å². The third-order valence-electron chi connectivity index (χ3n) is 1.87. The number of nitrogens with two attached hydrogens (primary N) is 1. The van der Waals surface area contributed by atoms with E-state index < -0.39 is 0 Å². The molecule has 1 aromatic heterocycles. The van der Waals surface area contributed by atoms with Crippen molar-refractivity contribution >= 4 is 5.57 Å². The molecule has 0 aliphatic carbocycles. The quantitative estimate of drug-likeness (QED) is 0.730. The van der Waals surface area contributed by atoms with E-state index in [0.29, 0.717) is 6.54 Å². The lowest BCUT2D eigenvalue weighted by molar-refractivity contribution is 0.871. The smallest absolute Gasteiger partial charge is 0.135 e. The van der Waals surface area contributed by atoms with Gasteiger partial charge in [-0.2, -0.15) is 0 Å². The maximum absolute atomic E-state index is 5.48. The van der Waals surface area contributed by atoms with E-state index in [1.54, 1.807) is 6.20 Å². The van der Waals surface area contributed by atoms with Gasteiger partial charge >= 0.3 is 0 Å². The molecule has 1 heterocycles. The molecule has 1 rings (SSSR count). The van der Waals surface area contributed by atoms with Gasteiger partial charge in [-0.05, 0) is 25.5 Å². The van der Waals surface area contributed by atoms with E-state index in [9.17, 15) is 0 Å². The van der Waals surface area contributed by atoms with Crippen LogP contribution >= 0.6 is 0 Å². The number of nitrogens with zero attached hydrogens (tertiary/aromatic N) is 2. The SMILES string of the molecule is C/C=C(\CCN)c1nccn1C. The first-order chi connectivity index (χ1) is 5.79. The van der Waals surface area contributed by atoms with Gasteiger partial charge in [0.1, 0.15) is 5.82 Å². The maximum Gasteiger partial charge on any atom is 0.135 e. The minimum Gasteiger partial charge on any atom is -0.334 e. The Morgan fingerprint density at radius 3 is 2.92 bits per heavy atom. The highest BCUT2D eigenvalue weighted by Crippen LogP contribution is 2.13. The van der Waals surface area contributed by atoms with Crippen molar-refractivity contribution in [3.05, 3.63) is 24.3 Å². The predicted octanol–water partition coefficient (Wildman–Crippen LogP) is 1.17. The Morgan fingerprint density at radius 2 is 2.50 bits per heavy atom. The van der Waals surface area contributed by atoms with Gasteiger partial charge in [0, 0.05) is 19.4 Å². The van der Waals surface area contributed by atoms with Crippen LogP contribution in [0.1, 0.15) is 19.2 Å². The first kappa shape index (κ1) is 9.00. The Morgan fingerprint density at radius 1 is 1.75 bits per heavy atom. The van der Waals surface area contributed by atoms with Gasteiger partial charge in [-0.15, -0.1) is 0 Å². The topological polar surface area (TPSA) is 43.8 Å². The standard InChI is InChI=1S/C9H15N3/c1-3-8(4-5-10)9-11-6-7-12(9)2/h3,6-7H,4-5,10H2,1-2H3/b8-3+. The Balaban J connectivity index is 2.88. The Bertz CT molecular complexity index is 273. The molecule has 3 heteroatoms. The van der Waals surface area contributed by atoms with E-state index in [2.05, 4.69) is 11.1 Å². The molecule has 0 bridgehead atoms. The van der Waals surface area contributed by atoms with E-state index >= 15 is 0 Å². The number of rotatable bonds is 3. The van der Waals surface area contributed by atoms with Crippen molar-refractivity contribution in [3.63, 3.8) is 0 Å². The highest BCUT2D eigenvalue weighted by atomic mass is 15.0. The molecule has 0 fully saturated rings. The van der Waals surface area contributed by atoms with Crippen LogP contribution in [0, 0.1) is 0 Å². The van der Waals surface area contributed by atoms with E-state index in [0.717, 1.165) is 12.2 Å². The lowest BCUT2D eigenvalue weighted by atomic mass is 10.1. The molecule has 0 spiro atoms. The van der Waals surface area contributed by atoms with Crippen LogP contribution in [0.4, 0.5) is 0 Å². The number of aryl methyl sites for hydroxylation is 1. The second-order valence-corrected chi connectivity index (χ2v) is 2.71. The molecule has 3 nitrogen and oxygen atoms in total. The highest BCUT2D eigenvalue weighted by molar-refractivity contribution is 5.59. The summed E-state index contributed by atoms with van der Waals surface area (Å²) < 4.78 is 2.00. The Kier molecular flexibility index (Phi) is 3.05. The number of aromatic nitrogens is 2. The van der Waals surface area contributed by atoms with Crippen molar-refractivity contribution in [2.45, 2.75) is 13.3 Å². The molecule has 0 unspecified atom stereocenters. The summed E-state index contributed by atoms with van der Waals surface area (Å²) in [6, 6.07) is 0. The zero-order valence-corrected chi connectivity index (χ0v) is 7.62. The summed E-state index contributed by atoms with van der Waals surface area (Å²) in [5, 5.41) is 0. The van der Waals surface area contributed by atoms with Crippen molar-refractivity contribution in [3.8, 4) is 0 Å². The number of imidazole rings is 1. The molecule has 0 aromatic carbocycles. The molecule has 0 saturated carbocycles. The fourth-order valence-corrected chi connectivity index (χ4v) is 1.22. The molecule has 0 saturated heterocycles. The van der Waals surface area contributed by atoms with Crippen LogP contribution in [0.2, 0.25) is 0 Å². The minimum absolute atomic E-state index is 0.673. The van der Waals surface area contributed by atoms with Crippen LogP contribution in [0.25, 0.3) is 5.57 Å².